The number of hydrogen-bond donors (Lipinski definition) is 0. The Balaban J connectivity index is 1.49. The largest absolute Gasteiger partial charge is 0.467 e. The third kappa shape index (κ3) is 5.99. The summed E-state index contributed by atoms with van der Waals surface area (Å²) in [5, 5.41) is 9.78. The van der Waals surface area contributed by atoms with Gasteiger partial charge in [0.25, 0.3) is 0 Å². The molecule has 1 aliphatic rings. The van der Waals surface area contributed by atoms with Gasteiger partial charge in [0, 0.05) is 26.2 Å². The van der Waals surface area contributed by atoms with Gasteiger partial charge in [-0.2, -0.15) is 0 Å². The summed E-state index contributed by atoms with van der Waals surface area (Å²) in [5.74, 6) is 3.34. The minimum Gasteiger partial charge on any atom is -0.467 e. The predicted molar refractivity (Wildman–Crippen MR) is 131 cm³/mol. The van der Waals surface area contributed by atoms with Crippen LogP contribution in [0.2, 0.25) is 0 Å². The SMILES string of the molecule is CCN(Cc1ccccc1)C(=O)CSc1nnc(N2CC(C)CC(C)C2)n1Cc1ccco1. The molecule has 0 bridgehead atoms. The molecular weight excluding hydrogens is 434 g/mol. The normalized spacial score (nSPS) is 18.5. The molecule has 0 radical (unpaired) electrons. The highest BCUT2D eigenvalue weighted by Gasteiger charge is 2.27. The zero-order chi connectivity index (χ0) is 23.2. The molecule has 1 aliphatic heterocycles. The molecule has 0 aliphatic carbocycles. The van der Waals surface area contributed by atoms with Crippen molar-refractivity contribution in [2.75, 3.05) is 30.3 Å². The van der Waals surface area contributed by atoms with Gasteiger partial charge in [0.15, 0.2) is 5.16 Å². The highest BCUT2D eigenvalue weighted by molar-refractivity contribution is 7.99. The molecule has 2 unspecified atom stereocenters. The van der Waals surface area contributed by atoms with Crippen LogP contribution in [0.1, 0.15) is 38.5 Å². The van der Waals surface area contributed by atoms with E-state index in [1.54, 1.807) is 6.26 Å². The van der Waals surface area contributed by atoms with Gasteiger partial charge >= 0.3 is 0 Å². The van der Waals surface area contributed by atoms with Crippen molar-refractivity contribution in [1.29, 1.82) is 0 Å². The summed E-state index contributed by atoms with van der Waals surface area (Å²) in [6.45, 7) is 10.4. The van der Waals surface area contributed by atoms with E-state index in [1.165, 1.54) is 18.2 Å². The number of piperidine rings is 1. The minimum atomic E-state index is 0.0978. The molecular formula is C25H33N5O2S. The van der Waals surface area contributed by atoms with Gasteiger partial charge in [-0.15, -0.1) is 10.2 Å². The summed E-state index contributed by atoms with van der Waals surface area (Å²) >= 11 is 1.45. The molecule has 33 heavy (non-hydrogen) atoms. The molecule has 1 fully saturated rings. The second-order valence-corrected chi connectivity index (χ2v) is 9.92. The zero-order valence-electron chi connectivity index (χ0n) is 19.7. The maximum Gasteiger partial charge on any atom is 0.233 e. The Morgan fingerprint density at radius 3 is 2.55 bits per heavy atom. The Bertz CT molecular complexity index is 1010. The summed E-state index contributed by atoms with van der Waals surface area (Å²) in [4.78, 5) is 17.2. The third-order valence-electron chi connectivity index (χ3n) is 6.02. The van der Waals surface area contributed by atoms with E-state index in [0.29, 0.717) is 37.2 Å². The molecule has 2 atom stereocenters. The Kier molecular flexibility index (Phi) is 7.75. The Morgan fingerprint density at radius 2 is 1.88 bits per heavy atom. The van der Waals surface area contributed by atoms with Crippen LogP contribution in [0.25, 0.3) is 0 Å². The van der Waals surface area contributed by atoms with E-state index in [0.717, 1.165) is 35.5 Å². The fourth-order valence-corrected chi connectivity index (χ4v) is 5.38. The van der Waals surface area contributed by atoms with Gasteiger partial charge in [-0.05, 0) is 42.9 Å². The maximum absolute atomic E-state index is 13.0. The first-order valence-corrected chi connectivity index (χ1v) is 12.7. The molecule has 7 nitrogen and oxygen atoms in total. The van der Waals surface area contributed by atoms with E-state index in [-0.39, 0.29) is 5.91 Å². The number of thioether (sulfide) groups is 1. The van der Waals surface area contributed by atoms with Crippen LogP contribution in [0.15, 0.2) is 58.3 Å². The lowest BCUT2D eigenvalue weighted by Gasteiger charge is -2.35. The topological polar surface area (TPSA) is 67.4 Å². The summed E-state index contributed by atoms with van der Waals surface area (Å²) in [7, 11) is 0. The molecule has 8 heteroatoms. The first-order valence-electron chi connectivity index (χ1n) is 11.7. The van der Waals surface area contributed by atoms with Gasteiger partial charge in [-0.25, -0.2) is 0 Å². The molecule has 176 valence electrons. The van der Waals surface area contributed by atoms with Gasteiger partial charge in [-0.3, -0.25) is 9.36 Å². The third-order valence-corrected chi connectivity index (χ3v) is 6.97. The molecule has 1 aromatic carbocycles. The van der Waals surface area contributed by atoms with Crippen molar-refractivity contribution in [3.8, 4) is 0 Å². The Labute approximate surface area is 200 Å². The van der Waals surface area contributed by atoms with Gasteiger partial charge in [0.1, 0.15) is 5.76 Å². The fraction of sp³-hybridized carbons (Fsp3) is 0.480. The smallest absolute Gasteiger partial charge is 0.233 e. The fourth-order valence-electron chi connectivity index (χ4n) is 4.54. The molecule has 1 saturated heterocycles. The van der Waals surface area contributed by atoms with Crippen molar-refractivity contribution >= 4 is 23.6 Å². The monoisotopic (exact) mass is 467 g/mol. The molecule has 0 spiro atoms. The van der Waals surface area contributed by atoms with Crippen LogP contribution < -0.4 is 4.90 Å². The Hall–Kier alpha value is -2.74. The van der Waals surface area contributed by atoms with Crippen LogP contribution in [-0.2, 0) is 17.9 Å². The number of anilines is 1. The van der Waals surface area contributed by atoms with Crippen LogP contribution in [0, 0.1) is 11.8 Å². The predicted octanol–water partition coefficient (Wildman–Crippen LogP) is 4.54. The molecule has 0 N–H and O–H groups in total. The van der Waals surface area contributed by atoms with Gasteiger partial charge < -0.3 is 14.2 Å². The molecule has 0 saturated carbocycles. The average Bonchev–Trinajstić information content (AvgIpc) is 3.46. The van der Waals surface area contributed by atoms with Crippen molar-refractivity contribution in [3.63, 3.8) is 0 Å². The van der Waals surface area contributed by atoms with Gasteiger partial charge in [0.05, 0.1) is 18.6 Å². The molecule has 1 amide bonds. The zero-order valence-corrected chi connectivity index (χ0v) is 20.5. The lowest BCUT2D eigenvalue weighted by molar-refractivity contribution is -0.128. The minimum absolute atomic E-state index is 0.0978. The van der Waals surface area contributed by atoms with Crippen LogP contribution in [-0.4, -0.2) is 51.0 Å². The van der Waals surface area contributed by atoms with Crippen LogP contribution in [0.5, 0.6) is 0 Å². The van der Waals surface area contributed by atoms with Crippen molar-refractivity contribution in [3.05, 3.63) is 60.1 Å². The molecule has 3 heterocycles. The lowest BCUT2D eigenvalue weighted by Crippen LogP contribution is -2.40. The number of nitrogens with zero attached hydrogens (tertiary/aromatic N) is 5. The van der Waals surface area contributed by atoms with E-state index in [2.05, 4.69) is 45.6 Å². The second kappa shape index (κ2) is 10.9. The standard InChI is InChI=1S/C25H33N5O2S/c1-4-28(16-21-9-6-5-7-10-21)23(31)18-33-25-27-26-24(29-14-19(2)13-20(3)15-29)30(25)17-22-11-8-12-32-22/h5-12,19-20H,4,13-18H2,1-3H3. The lowest BCUT2D eigenvalue weighted by atomic mass is 9.92. The van der Waals surface area contributed by atoms with E-state index < -0.39 is 0 Å². The Morgan fingerprint density at radius 1 is 1.12 bits per heavy atom. The van der Waals surface area contributed by atoms with Crippen LogP contribution >= 0.6 is 11.8 Å². The summed E-state index contributed by atoms with van der Waals surface area (Å²) in [6.07, 6.45) is 2.91. The number of aromatic nitrogens is 3. The van der Waals surface area contributed by atoms with Gasteiger partial charge in [0.2, 0.25) is 11.9 Å². The molecule has 3 aromatic rings. The number of carbonyl (C=O) groups excluding carboxylic acids is 1. The number of amides is 1. The number of benzene rings is 1. The maximum atomic E-state index is 13.0. The number of hydrogen-bond acceptors (Lipinski definition) is 6. The highest BCUT2D eigenvalue weighted by atomic mass is 32.2. The summed E-state index contributed by atoms with van der Waals surface area (Å²) in [6, 6.07) is 14.0. The quantitative estimate of drug-likeness (QED) is 0.430. The van der Waals surface area contributed by atoms with E-state index in [9.17, 15) is 4.79 Å². The van der Waals surface area contributed by atoms with E-state index in [4.69, 9.17) is 4.42 Å². The molecule has 4 rings (SSSR count). The van der Waals surface area contributed by atoms with Crippen LogP contribution in [0.3, 0.4) is 0 Å². The van der Waals surface area contributed by atoms with Crippen molar-refractivity contribution in [2.24, 2.45) is 11.8 Å². The summed E-state index contributed by atoms with van der Waals surface area (Å²) < 4.78 is 7.71. The van der Waals surface area contributed by atoms with E-state index in [1.807, 2.05) is 42.2 Å². The number of furan rings is 1. The van der Waals surface area contributed by atoms with Crippen molar-refractivity contribution in [2.45, 2.75) is 45.4 Å². The van der Waals surface area contributed by atoms with Crippen molar-refractivity contribution in [1.82, 2.24) is 19.7 Å². The molecule has 2 aromatic heterocycles. The number of rotatable bonds is 9. The van der Waals surface area contributed by atoms with E-state index >= 15 is 0 Å². The first-order chi connectivity index (χ1) is 16.0. The first kappa shape index (κ1) is 23.4. The average molecular weight is 468 g/mol. The van der Waals surface area contributed by atoms with Crippen molar-refractivity contribution < 1.29 is 9.21 Å². The summed E-state index contributed by atoms with van der Waals surface area (Å²) in [5.41, 5.74) is 1.13. The van der Waals surface area contributed by atoms with Crippen LogP contribution in [0.4, 0.5) is 5.95 Å². The number of carbonyl (C=O) groups is 1. The second-order valence-electron chi connectivity index (χ2n) is 8.98. The van der Waals surface area contributed by atoms with Gasteiger partial charge in [-0.1, -0.05) is 55.9 Å². The highest BCUT2D eigenvalue weighted by Crippen LogP contribution is 2.29.